The molecule has 2 heterocycles. The van der Waals surface area contributed by atoms with Crippen LogP contribution in [0.3, 0.4) is 0 Å². The Morgan fingerprint density at radius 3 is 1.89 bits per heavy atom. The fraction of sp³-hybridized carbons (Fsp3) is 0.273. The number of nitrogens with one attached hydrogen (secondary N) is 1. The van der Waals surface area contributed by atoms with Crippen LogP contribution in [0.15, 0.2) is 63.4 Å². The predicted molar refractivity (Wildman–Crippen MR) is 104 cm³/mol. The van der Waals surface area contributed by atoms with Gasteiger partial charge in [0.2, 0.25) is 0 Å². The van der Waals surface area contributed by atoms with Crippen LogP contribution in [0.4, 0.5) is 0 Å². The van der Waals surface area contributed by atoms with Crippen LogP contribution in [0.2, 0.25) is 0 Å². The standard InChI is InChI=1S/C22H23NO5/c1-12-6-8-15(9-7-12)16-10-11-17(28-16)20-18(21(24)26-4)13(2)23-14(3)19(20)22(25)27-5/h6-11,20,23H,1-5H3. The number of carbonyl (C=O) groups excluding carboxylic acids is 2. The van der Waals surface area contributed by atoms with Gasteiger partial charge in [-0.1, -0.05) is 29.8 Å². The van der Waals surface area contributed by atoms with Gasteiger partial charge in [0.25, 0.3) is 0 Å². The summed E-state index contributed by atoms with van der Waals surface area (Å²) in [4.78, 5) is 25.0. The molecule has 1 aliphatic heterocycles. The summed E-state index contributed by atoms with van der Waals surface area (Å²) < 4.78 is 16.0. The lowest BCUT2D eigenvalue weighted by Crippen LogP contribution is -2.31. The summed E-state index contributed by atoms with van der Waals surface area (Å²) >= 11 is 0. The maximum absolute atomic E-state index is 12.5. The minimum absolute atomic E-state index is 0.318. The highest BCUT2D eigenvalue weighted by Crippen LogP contribution is 2.40. The van der Waals surface area contributed by atoms with Gasteiger partial charge in [0.15, 0.2) is 0 Å². The summed E-state index contributed by atoms with van der Waals surface area (Å²) in [5.41, 5.74) is 3.90. The van der Waals surface area contributed by atoms with Gasteiger partial charge < -0.3 is 19.2 Å². The summed E-state index contributed by atoms with van der Waals surface area (Å²) in [7, 11) is 2.62. The van der Waals surface area contributed by atoms with Crippen LogP contribution in [-0.4, -0.2) is 26.2 Å². The highest BCUT2D eigenvalue weighted by atomic mass is 16.5. The lowest BCUT2D eigenvalue weighted by atomic mass is 9.83. The molecule has 0 aliphatic carbocycles. The van der Waals surface area contributed by atoms with Crippen LogP contribution in [0.5, 0.6) is 0 Å². The molecule has 0 atom stereocenters. The molecule has 1 aromatic carbocycles. The minimum atomic E-state index is -0.722. The molecule has 0 fully saturated rings. The average molecular weight is 381 g/mol. The van der Waals surface area contributed by atoms with Gasteiger partial charge in [-0.15, -0.1) is 0 Å². The van der Waals surface area contributed by atoms with E-state index < -0.39 is 17.9 Å². The second-order valence-electron chi connectivity index (χ2n) is 6.69. The van der Waals surface area contributed by atoms with E-state index in [2.05, 4.69) is 5.32 Å². The normalized spacial score (nSPS) is 14.8. The van der Waals surface area contributed by atoms with E-state index in [4.69, 9.17) is 13.9 Å². The monoisotopic (exact) mass is 381 g/mol. The number of furan rings is 1. The van der Waals surface area contributed by atoms with Crippen molar-refractivity contribution in [1.29, 1.82) is 0 Å². The molecule has 1 N–H and O–H groups in total. The summed E-state index contributed by atoms with van der Waals surface area (Å²) in [6.45, 7) is 5.54. The van der Waals surface area contributed by atoms with Crippen molar-refractivity contribution in [3.8, 4) is 11.3 Å². The number of hydrogen-bond acceptors (Lipinski definition) is 6. The fourth-order valence-electron chi connectivity index (χ4n) is 3.42. The van der Waals surface area contributed by atoms with Crippen molar-refractivity contribution < 1.29 is 23.5 Å². The number of carbonyl (C=O) groups is 2. The van der Waals surface area contributed by atoms with Crippen molar-refractivity contribution in [3.05, 3.63) is 70.3 Å². The molecule has 1 aromatic heterocycles. The van der Waals surface area contributed by atoms with Crippen LogP contribution < -0.4 is 5.32 Å². The zero-order valence-electron chi connectivity index (χ0n) is 16.6. The first-order chi connectivity index (χ1) is 13.4. The number of esters is 2. The third-order valence-electron chi connectivity index (χ3n) is 4.82. The molecule has 0 saturated heterocycles. The molecule has 0 radical (unpaired) electrons. The summed E-state index contributed by atoms with van der Waals surface area (Å²) in [5, 5.41) is 3.07. The number of methoxy groups -OCH3 is 2. The number of aryl methyl sites for hydroxylation is 1. The first-order valence-corrected chi connectivity index (χ1v) is 8.89. The highest BCUT2D eigenvalue weighted by molar-refractivity contribution is 5.99. The molecule has 2 aromatic rings. The zero-order valence-corrected chi connectivity index (χ0v) is 16.6. The number of allylic oxidation sites excluding steroid dienone is 2. The first kappa shape index (κ1) is 19.5. The second kappa shape index (κ2) is 7.76. The van der Waals surface area contributed by atoms with Crippen molar-refractivity contribution in [1.82, 2.24) is 5.32 Å². The van der Waals surface area contributed by atoms with Crippen LogP contribution in [-0.2, 0) is 19.1 Å². The number of rotatable bonds is 4. The number of hydrogen-bond donors (Lipinski definition) is 1. The smallest absolute Gasteiger partial charge is 0.336 e. The Morgan fingerprint density at radius 2 is 1.39 bits per heavy atom. The molecular formula is C22H23NO5. The Labute approximate surface area is 163 Å². The lowest BCUT2D eigenvalue weighted by Gasteiger charge is -2.28. The van der Waals surface area contributed by atoms with E-state index in [1.807, 2.05) is 37.3 Å². The van der Waals surface area contributed by atoms with Crippen molar-refractivity contribution in [3.63, 3.8) is 0 Å². The van der Waals surface area contributed by atoms with E-state index in [-0.39, 0.29) is 0 Å². The molecular weight excluding hydrogens is 358 g/mol. The van der Waals surface area contributed by atoms with Gasteiger partial charge >= 0.3 is 11.9 Å². The molecule has 0 unspecified atom stereocenters. The molecule has 28 heavy (non-hydrogen) atoms. The maximum Gasteiger partial charge on any atom is 0.336 e. The molecule has 0 bridgehead atoms. The van der Waals surface area contributed by atoms with Crippen molar-refractivity contribution in [2.75, 3.05) is 14.2 Å². The number of ether oxygens (including phenoxy) is 2. The fourth-order valence-corrected chi connectivity index (χ4v) is 3.42. The van der Waals surface area contributed by atoms with Gasteiger partial charge in [0.1, 0.15) is 11.5 Å². The third kappa shape index (κ3) is 3.45. The average Bonchev–Trinajstić information content (AvgIpc) is 3.16. The molecule has 146 valence electrons. The Kier molecular flexibility index (Phi) is 5.40. The molecule has 0 spiro atoms. The van der Waals surface area contributed by atoms with Crippen molar-refractivity contribution in [2.45, 2.75) is 26.7 Å². The topological polar surface area (TPSA) is 77.8 Å². The lowest BCUT2D eigenvalue weighted by molar-refractivity contribution is -0.137. The van der Waals surface area contributed by atoms with Gasteiger partial charge in [-0.2, -0.15) is 0 Å². The van der Waals surface area contributed by atoms with Gasteiger partial charge in [0.05, 0.1) is 31.3 Å². The van der Waals surface area contributed by atoms with Gasteiger partial charge in [0, 0.05) is 17.0 Å². The van der Waals surface area contributed by atoms with Crippen LogP contribution in [0.25, 0.3) is 11.3 Å². The van der Waals surface area contributed by atoms with Crippen LogP contribution >= 0.6 is 0 Å². The molecule has 6 nitrogen and oxygen atoms in total. The van der Waals surface area contributed by atoms with E-state index in [0.717, 1.165) is 11.1 Å². The summed E-state index contributed by atoms with van der Waals surface area (Å²) in [6, 6.07) is 11.5. The van der Waals surface area contributed by atoms with E-state index >= 15 is 0 Å². The zero-order chi connectivity index (χ0) is 20.4. The van der Waals surface area contributed by atoms with E-state index in [1.54, 1.807) is 19.9 Å². The Hall–Kier alpha value is -3.28. The Bertz CT molecular complexity index is 941. The quantitative estimate of drug-likeness (QED) is 0.811. The first-order valence-electron chi connectivity index (χ1n) is 8.89. The van der Waals surface area contributed by atoms with Crippen LogP contribution in [0, 0.1) is 6.92 Å². The Balaban J connectivity index is 2.13. The second-order valence-corrected chi connectivity index (χ2v) is 6.69. The largest absolute Gasteiger partial charge is 0.466 e. The molecule has 0 amide bonds. The summed E-state index contributed by atoms with van der Waals surface area (Å²) in [6.07, 6.45) is 0. The van der Waals surface area contributed by atoms with Crippen LogP contribution in [0.1, 0.15) is 31.1 Å². The SMILES string of the molecule is COC(=O)C1=C(C)NC(C)=C(C(=O)OC)C1c1ccc(-c2ccc(C)cc2)o1. The van der Waals surface area contributed by atoms with Crippen molar-refractivity contribution in [2.24, 2.45) is 0 Å². The maximum atomic E-state index is 12.5. The molecule has 0 saturated carbocycles. The molecule has 3 rings (SSSR count). The van der Waals surface area contributed by atoms with Gasteiger partial charge in [-0.3, -0.25) is 0 Å². The van der Waals surface area contributed by atoms with E-state index in [9.17, 15) is 9.59 Å². The minimum Gasteiger partial charge on any atom is -0.466 e. The third-order valence-corrected chi connectivity index (χ3v) is 4.82. The molecule has 6 heteroatoms. The van der Waals surface area contributed by atoms with E-state index in [0.29, 0.717) is 34.1 Å². The van der Waals surface area contributed by atoms with Gasteiger partial charge in [-0.05, 0) is 32.9 Å². The number of benzene rings is 1. The van der Waals surface area contributed by atoms with E-state index in [1.165, 1.54) is 14.2 Å². The summed E-state index contributed by atoms with van der Waals surface area (Å²) in [5.74, 6) is -0.663. The van der Waals surface area contributed by atoms with Gasteiger partial charge in [-0.25, -0.2) is 9.59 Å². The highest BCUT2D eigenvalue weighted by Gasteiger charge is 2.39. The molecule has 1 aliphatic rings. The van der Waals surface area contributed by atoms with Crippen molar-refractivity contribution >= 4 is 11.9 Å². The number of dihydropyridines is 1. The Morgan fingerprint density at radius 1 is 0.857 bits per heavy atom. The predicted octanol–water partition coefficient (Wildman–Crippen LogP) is 3.84.